The Morgan fingerprint density at radius 2 is 1.92 bits per heavy atom. The number of aliphatic hydroxyl groups excluding tert-OH is 1. The highest BCUT2D eigenvalue weighted by Crippen LogP contribution is 2.17. The SMILES string of the molecule is CC(CNC(=O)N1CCC(CO)C1)N1CCN(c2ccccc2)CC1. The minimum Gasteiger partial charge on any atom is -0.396 e. The molecule has 0 aliphatic carbocycles. The number of anilines is 1. The van der Waals surface area contributed by atoms with E-state index in [0.717, 1.165) is 39.1 Å². The van der Waals surface area contributed by atoms with E-state index in [-0.39, 0.29) is 18.6 Å². The first kappa shape index (κ1) is 18.0. The number of nitrogens with zero attached hydrogens (tertiary/aromatic N) is 3. The summed E-state index contributed by atoms with van der Waals surface area (Å²) in [6.45, 7) is 8.52. The first-order chi connectivity index (χ1) is 12.2. The highest BCUT2D eigenvalue weighted by Gasteiger charge is 2.26. The lowest BCUT2D eigenvalue weighted by molar-refractivity contribution is 0.178. The van der Waals surface area contributed by atoms with Gasteiger partial charge in [-0.05, 0) is 25.5 Å². The molecule has 2 amide bonds. The number of hydrogen-bond acceptors (Lipinski definition) is 4. The summed E-state index contributed by atoms with van der Waals surface area (Å²) in [5, 5.41) is 12.2. The second-order valence-electron chi connectivity index (χ2n) is 7.18. The van der Waals surface area contributed by atoms with Crippen LogP contribution in [0, 0.1) is 5.92 Å². The zero-order valence-electron chi connectivity index (χ0n) is 15.1. The van der Waals surface area contributed by atoms with Crippen LogP contribution in [0.5, 0.6) is 0 Å². The number of carbonyl (C=O) groups excluding carboxylic acids is 1. The largest absolute Gasteiger partial charge is 0.396 e. The maximum atomic E-state index is 12.2. The van der Waals surface area contributed by atoms with Gasteiger partial charge in [-0.3, -0.25) is 4.90 Å². The number of piperazine rings is 1. The summed E-state index contributed by atoms with van der Waals surface area (Å²) in [6, 6.07) is 10.9. The molecule has 0 bridgehead atoms. The Kier molecular flexibility index (Phi) is 6.15. The standard InChI is InChI=1S/C19H30N4O2/c1-16(13-20-19(25)23-8-7-17(14-23)15-24)21-9-11-22(12-10-21)18-5-3-2-4-6-18/h2-6,16-17,24H,7-15H2,1H3,(H,20,25). The van der Waals surface area contributed by atoms with Gasteiger partial charge >= 0.3 is 6.03 Å². The molecule has 2 aliphatic heterocycles. The van der Waals surface area contributed by atoms with Crippen LogP contribution in [0.2, 0.25) is 0 Å². The van der Waals surface area contributed by atoms with Gasteiger partial charge in [0.25, 0.3) is 0 Å². The van der Waals surface area contributed by atoms with Crippen molar-refractivity contribution in [3.05, 3.63) is 30.3 Å². The number of aliphatic hydroxyl groups is 1. The van der Waals surface area contributed by atoms with Crippen LogP contribution < -0.4 is 10.2 Å². The number of carbonyl (C=O) groups is 1. The zero-order valence-corrected chi connectivity index (χ0v) is 15.1. The van der Waals surface area contributed by atoms with E-state index in [2.05, 4.69) is 46.3 Å². The van der Waals surface area contributed by atoms with Gasteiger partial charge in [-0.2, -0.15) is 0 Å². The molecular weight excluding hydrogens is 316 g/mol. The van der Waals surface area contributed by atoms with E-state index in [4.69, 9.17) is 0 Å². The second kappa shape index (κ2) is 8.54. The minimum absolute atomic E-state index is 0.00530. The van der Waals surface area contributed by atoms with Crippen LogP contribution in [-0.4, -0.2) is 79.4 Å². The number of urea groups is 1. The number of hydrogen-bond donors (Lipinski definition) is 2. The van der Waals surface area contributed by atoms with Gasteiger partial charge in [-0.15, -0.1) is 0 Å². The molecule has 0 spiro atoms. The highest BCUT2D eigenvalue weighted by molar-refractivity contribution is 5.74. The number of para-hydroxylation sites is 1. The fraction of sp³-hybridized carbons (Fsp3) is 0.632. The maximum Gasteiger partial charge on any atom is 0.317 e. The van der Waals surface area contributed by atoms with E-state index in [0.29, 0.717) is 19.1 Å². The third kappa shape index (κ3) is 4.64. The van der Waals surface area contributed by atoms with E-state index in [1.807, 2.05) is 11.0 Å². The molecule has 0 saturated carbocycles. The zero-order chi connectivity index (χ0) is 17.6. The molecule has 25 heavy (non-hydrogen) atoms. The Morgan fingerprint density at radius 3 is 2.56 bits per heavy atom. The molecule has 0 radical (unpaired) electrons. The molecule has 6 heteroatoms. The molecule has 2 fully saturated rings. The summed E-state index contributed by atoms with van der Waals surface area (Å²) < 4.78 is 0. The van der Waals surface area contributed by atoms with Crippen molar-refractivity contribution in [2.45, 2.75) is 19.4 Å². The molecule has 0 aromatic heterocycles. The van der Waals surface area contributed by atoms with Crippen molar-refractivity contribution >= 4 is 11.7 Å². The van der Waals surface area contributed by atoms with Crippen molar-refractivity contribution in [2.75, 3.05) is 57.3 Å². The van der Waals surface area contributed by atoms with Gasteiger partial charge in [0.1, 0.15) is 0 Å². The van der Waals surface area contributed by atoms with Crippen LogP contribution in [0.4, 0.5) is 10.5 Å². The summed E-state index contributed by atoms with van der Waals surface area (Å²) in [5.41, 5.74) is 1.29. The van der Waals surface area contributed by atoms with Crippen molar-refractivity contribution in [3.8, 4) is 0 Å². The molecule has 2 unspecified atom stereocenters. The molecule has 1 aromatic rings. The average molecular weight is 346 g/mol. The Labute approximate surface area is 150 Å². The first-order valence-corrected chi connectivity index (χ1v) is 9.35. The molecule has 2 saturated heterocycles. The third-order valence-electron chi connectivity index (χ3n) is 5.44. The van der Waals surface area contributed by atoms with Crippen LogP contribution in [0.1, 0.15) is 13.3 Å². The first-order valence-electron chi connectivity index (χ1n) is 9.35. The third-order valence-corrected chi connectivity index (χ3v) is 5.44. The van der Waals surface area contributed by atoms with Gasteiger partial charge in [-0.25, -0.2) is 4.79 Å². The van der Waals surface area contributed by atoms with Crippen molar-refractivity contribution in [2.24, 2.45) is 5.92 Å². The molecule has 2 aliphatic rings. The normalized spacial score (nSPS) is 22.9. The van der Waals surface area contributed by atoms with Crippen LogP contribution in [-0.2, 0) is 0 Å². The van der Waals surface area contributed by atoms with Crippen LogP contribution in [0.15, 0.2) is 30.3 Å². The number of amides is 2. The Bertz CT molecular complexity index is 546. The maximum absolute atomic E-state index is 12.2. The van der Waals surface area contributed by atoms with Crippen LogP contribution in [0.3, 0.4) is 0 Å². The molecule has 2 heterocycles. The lowest BCUT2D eigenvalue weighted by Gasteiger charge is -2.39. The van der Waals surface area contributed by atoms with Crippen molar-refractivity contribution in [1.82, 2.24) is 15.1 Å². The fourth-order valence-electron chi connectivity index (χ4n) is 3.70. The molecule has 6 nitrogen and oxygen atoms in total. The summed E-state index contributed by atoms with van der Waals surface area (Å²) in [6.07, 6.45) is 0.904. The van der Waals surface area contributed by atoms with E-state index in [1.165, 1.54) is 5.69 Å². The van der Waals surface area contributed by atoms with Crippen molar-refractivity contribution < 1.29 is 9.90 Å². The summed E-state index contributed by atoms with van der Waals surface area (Å²) in [5.74, 6) is 0.245. The highest BCUT2D eigenvalue weighted by atomic mass is 16.3. The minimum atomic E-state index is 0.00530. The van der Waals surface area contributed by atoms with Gasteiger partial charge in [0.15, 0.2) is 0 Å². The lowest BCUT2D eigenvalue weighted by Crippen LogP contribution is -2.53. The van der Waals surface area contributed by atoms with Gasteiger partial charge in [-0.1, -0.05) is 18.2 Å². The number of likely N-dealkylation sites (tertiary alicyclic amines) is 1. The molecule has 2 atom stereocenters. The Balaban J connectivity index is 1.39. The number of nitrogens with one attached hydrogen (secondary N) is 1. The summed E-state index contributed by atoms with van der Waals surface area (Å²) in [7, 11) is 0. The quantitative estimate of drug-likeness (QED) is 0.842. The molecule has 138 valence electrons. The van der Waals surface area contributed by atoms with Crippen LogP contribution in [0.25, 0.3) is 0 Å². The van der Waals surface area contributed by atoms with Crippen molar-refractivity contribution in [3.63, 3.8) is 0 Å². The predicted octanol–water partition coefficient (Wildman–Crippen LogP) is 1.22. The van der Waals surface area contributed by atoms with E-state index >= 15 is 0 Å². The van der Waals surface area contributed by atoms with Gasteiger partial charge in [0.2, 0.25) is 0 Å². The van der Waals surface area contributed by atoms with Gasteiger partial charge in [0.05, 0.1) is 0 Å². The van der Waals surface area contributed by atoms with E-state index < -0.39 is 0 Å². The van der Waals surface area contributed by atoms with Crippen molar-refractivity contribution in [1.29, 1.82) is 0 Å². The average Bonchev–Trinajstić information content (AvgIpc) is 3.16. The Hall–Kier alpha value is -1.79. The number of rotatable bonds is 5. The van der Waals surface area contributed by atoms with Gasteiger partial charge in [0, 0.05) is 70.1 Å². The number of benzene rings is 1. The molecule has 2 N–H and O–H groups in total. The summed E-state index contributed by atoms with van der Waals surface area (Å²) >= 11 is 0. The molecular formula is C19H30N4O2. The molecule has 1 aromatic carbocycles. The lowest BCUT2D eigenvalue weighted by atomic mass is 10.1. The topological polar surface area (TPSA) is 59.1 Å². The molecule has 3 rings (SSSR count). The Morgan fingerprint density at radius 1 is 1.20 bits per heavy atom. The monoisotopic (exact) mass is 346 g/mol. The fourth-order valence-corrected chi connectivity index (χ4v) is 3.70. The smallest absolute Gasteiger partial charge is 0.317 e. The van der Waals surface area contributed by atoms with Gasteiger partial charge < -0.3 is 20.2 Å². The van der Waals surface area contributed by atoms with E-state index in [1.54, 1.807) is 0 Å². The van der Waals surface area contributed by atoms with E-state index in [9.17, 15) is 9.90 Å². The summed E-state index contributed by atoms with van der Waals surface area (Å²) in [4.78, 5) is 18.9. The second-order valence-corrected chi connectivity index (χ2v) is 7.18. The van der Waals surface area contributed by atoms with Crippen LogP contribution >= 0.6 is 0 Å². The predicted molar refractivity (Wildman–Crippen MR) is 99.9 cm³/mol.